The van der Waals surface area contributed by atoms with Crippen LogP contribution in [0.1, 0.15) is 25.7 Å². The zero-order valence-electron chi connectivity index (χ0n) is 8.29. The number of carboxylic acids is 1. The molecule has 0 bridgehead atoms. The van der Waals surface area contributed by atoms with Gasteiger partial charge in [0.25, 0.3) is 0 Å². The number of hydrogen-bond donors (Lipinski definition) is 1. The van der Waals surface area contributed by atoms with Gasteiger partial charge in [-0.3, -0.25) is 4.79 Å². The molecule has 0 aromatic carbocycles. The first-order valence-corrected chi connectivity index (χ1v) is 5.50. The average Bonchev–Trinajstić information content (AvgIpc) is 2.86. The number of carbonyl (C=O) groups is 2. The highest BCUT2D eigenvalue weighted by atomic mass is 32.1. The summed E-state index contributed by atoms with van der Waals surface area (Å²) in [6.07, 6.45) is 2.52. The number of carbonyl (C=O) groups excluding carboxylic acids is 1. The van der Waals surface area contributed by atoms with E-state index in [4.69, 9.17) is 5.11 Å². The van der Waals surface area contributed by atoms with E-state index in [1.165, 1.54) is 11.3 Å². The van der Waals surface area contributed by atoms with Crippen molar-refractivity contribution in [2.45, 2.75) is 6.54 Å². The van der Waals surface area contributed by atoms with Crippen molar-refractivity contribution < 1.29 is 14.7 Å². The third-order valence-corrected chi connectivity index (χ3v) is 3.18. The molecule has 16 heavy (non-hydrogen) atoms. The van der Waals surface area contributed by atoms with Crippen LogP contribution >= 0.6 is 11.3 Å². The van der Waals surface area contributed by atoms with Crippen molar-refractivity contribution in [3.8, 4) is 0 Å². The Bertz CT molecular complexity index is 527. The monoisotopic (exact) mass is 235 g/mol. The van der Waals surface area contributed by atoms with Crippen LogP contribution in [0.3, 0.4) is 0 Å². The Kier molecular flexibility index (Phi) is 2.87. The Morgan fingerprint density at radius 2 is 2.31 bits per heavy atom. The lowest BCUT2D eigenvalue weighted by molar-refractivity contribution is 0.0696. The lowest BCUT2D eigenvalue weighted by Gasteiger charge is -2.04. The number of aromatic carboxylic acids is 1. The topological polar surface area (TPSA) is 59.3 Å². The molecule has 1 N–H and O–H groups in total. The summed E-state index contributed by atoms with van der Waals surface area (Å²) < 4.78 is 1.73. The number of aromatic nitrogens is 1. The van der Waals surface area contributed by atoms with Gasteiger partial charge in [0.2, 0.25) is 0 Å². The van der Waals surface area contributed by atoms with Crippen LogP contribution in [0, 0.1) is 0 Å². The Morgan fingerprint density at radius 1 is 1.50 bits per heavy atom. The third kappa shape index (κ3) is 1.90. The number of nitrogens with zero attached hydrogens (tertiary/aromatic N) is 1. The van der Waals surface area contributed by atoms with Gasteiger partial charge in [0.15, 0.2) is 6.29 Å². The van der Waals surface area contributed by atoms with E-state index in [-0.39, 0.29) is 0 Å². The van der Waals surface area contributed by atoms with Gasteiger partial charge >= 0.3 is 5.97 Å². The summed E-state index contributed by atoms with van der Waals surface area (Å²) >= 11 is 1.38. The zero-order valence-corrected chi connectivity index (χ0v) is 9.11. The number of thiophene rings is 1. The molecule has 0 aliphatic carbocycles. The number of hydrogen-bond acceptors (Lipinski definition) is 3. The van der Waals surface area contributed by atoms with E-state index >= 15 is 0 Å². The first-order valence-electron chi connectivity index (χ1n) is 4.62. The lowest BCUT2D eigenvalue weighted by atomic mass is 10.2. The molecule has 0 atom stereocenters. The molecule has 0 spiro atoms. The average molecular weight is 235 g/mol. The quantitative estimate of drug-likeness (QED) is 0.826. The van der Waals surface area contributed by atoms with Gasteiger partial charge in [-0.05, 0) is 23.6 Å². The van der Waals surface area contributed by atoms with Gasteiger partial charge in [0, 0.05) is 11.1 Å². The van der Waals surface area contributed by atoms with Gasteiger partial charge in [-0.2, -0.15) is 0 Å². The molecule has 0 unspecified atom stereocenters. The van der Waals surface area contributed by atoms with Crippen molar-refractivity contribution in [3.05, 3.63) is 45.9 Å². The van der Waals surface area contributed by atoms with Crippen molar-refractivity contribution in [2.24, 2.45) is 0 Å². The Hall–Kier alpha value is -1.88. The Morgan fingerprint density at radius 3 is 3.00 bits per heavy atom. The van der Waals surface area contributed by atoms with Crippen molar-refractivity contribution in [1.29, 1.82) is 0 Å². The number of rotatable bonds is 4. The minimum atomic E-state index is -0.934. The molecule has 2 aromatic rings. The first kappa shape index (κ1) is 10.6. The zero-order chi connectivity index (χ0) is 11.5. The van der Waals surface area contributed by atoms with E-state index in [2.05, 4.69) is 0 Å². The smallest absolute Gasteiger partial charge is 0.336 e. The minimum Gasteiger partial charge on any atom is -0.478 e. The molecule has 0 aliphatic heterocycles. The molecule has 0 saturated heterocycles. The fourth-order valence-electron chi connectivity index (χ4n) is 1.49. The summed E-state index contributed by atoms with van der Waals surface area (Å²) in [4.78, 5) is 22.3. The fraction of sp³-hybridized carbons (Fsp3) is 0.0909. The fourth-order valence-corrected chi connectivity index (χ4v) is 2.35. The standard InChI is InChI=1S/C11H9NO3S/c13-7-8-2-1-4-12(8)6-10-9(11(14)15)3-5-16-10/h1-5,7H,6H2,(H,14,15). The van der Waals surface area contributed by atoms with E-state index in [1.807, 2.05) is 0 Å². The molecule has 5 heteroatoms. The van der Waals surface area contributed by atoms with Crippen LogP contribution in [0.2, 0.25) is 0 Å². The first-order chi connectivity index (χ1) is 7.72. The third-order valence-electron chi connectivity index (χ3n) is 2.28. The highest BCUT2D eigenvalue weighted by molar-refractivity contribution is 7.10. The van der Waals surface area contributed by atoms with Crippen LogP contribution in [-0.4, -0.2) is 21.9 Å². The van der Waals surface area contributed by atoms with Gasteiger partial charge < -0.3 is 9.67 Å². The summed E-state index contributed by atoms with van der Waals surface area (Å²) in [5, 5.41) is 10.7. The normalized spacial score (nSPS) is 10.2. The summed E-state index contributed by atoms with van der Waals surface area (Å²) in [6.45, 7) is 0.417. The summed E-state index contributed by atoms with van der Waals surface area (Å²) in [5.74, 6) is -0.934. The number of carboxylic acid groups (broad SMARTS) is 1. The second kappa shape index (κ2) is 4.32. The maximum Gasteiger partial charge on any atom is 0.336 e. The van der Waals surface area contributed by atoms with E-state index in [1.54, 1.807) is 34.3 Å². The van der Waals surface area contributed by atoms with Crippen molar-refractivity contribution >= 4 is 23.6 Å². The molecule has 0 aliphatic rings. The van der Waals surface area contributed by atoms with Crippen LogP contribution in [0.4, 0.5) is 0 Å². The Balaban J connectivity index is 2.30. The molecule has 0 amide bonds. The van der Waals surface area contributed by atoms with Gasteiger partial charge in [-0.1, -0.05) is 0 Å². The van der Waals surface area contributed by atoms with Gasteiger partial charge in [-0.15, -0.1) is 11.3 Å². The summed E-state index contributed by atoms with van der Waals surface area (Å²) in [7, 11) is 0. The molecular weight excluding hydrogens is 226 g/mol. The van der Waals surface area contributed by atoms with Crippen LogP contribution < -0.4 is 0 Å². The molecule has 2 aromatic heterocycles. The minimum absolute atomic E-state index is 0.301. The molecule has 2 heterocycles. The van der Waals surface area contributed by atoms with E-state index in [0.717, 1.165) is 11.2 Å². The second-order valence-electron chi connectivity index (χ2n) is 3.24. The van der Waals surface area contributed by atoms with Crippen LogP contribution in [0.15, 0.2) is 29.8 Å². The van der Waals surface area contributed by atoms with Crippen molar-refractivity contribution in [2.75, 3.05) is 0 Å². The summed E-state index contributed by atoms with van der Waals surface area (Å²) in [5.41, 5.74) is 0.847. The maximum atomic E-state index is 10.9. The van der Waals surface area contributed by atoms with E-state index in [9.17, 15) is 9.59 Å². The van der Waals surface area contributed by atoms with Gasteiger partial charge in [-0.25, -0.2) is 4.79 Å². The highest BCUT2D eigenvalue weighted by Gasteiger charge is 2.12. The lowest BCUT2D eigenvalue weighted by Crippen LogP contribution is -2.05. The predicted molar refractivity (Wildman–Crippen MR) is 60.2 cm³/mol. The molecule has 82 valence electrons. The van der Waals surface area contributed by atoms with Crippen molar-refractivity contribution in [3.63, 3.8) is 0 Å². The predicted octanol–water partition coefficient (Wildman–Crippen LogP) is 2.11. The maximum absolute atomic E-state index is 10.9. The van der Waals surface area contributed by atoms with E-state index < -0.39 is 5.97 Å². The van der Waals surface area contributed by atoms with Crippen LogP contribution in [0.25, 0.3) is 0 Å². The van der Waals surface area contributed by atoms with Crippen LogP contribution in [0.5, 0.6) is 0 Å². The highest BCUT2D eigenvalue weighted by Crippen LogP contribution is 2.18. The molecular formula is C11H9NO3S. The molecule has 2 rings (SSSR count). The second-order valence-corrected chi connectivity index (χ2v) is 4.24. The largest absolute Gasteiger partial charge is 0.478 e. The van der Waals surface area contributed by atoms with Crippen molar-refractivity contribution in [1.82, 2.24) is 4.57 Å². The van der Waals surface area contributed by atoms with Gasteiger partial charge in [0.1, 0.15) is 0 Å². The molecule has 0 saturated carbocycles. The summed E-state index contributed by atoms with van der Waals surface area (Å²) in [6, 6.07) is 5.03. The molecule has 4 nitrogen and oxygen atoms in total. The number of aldehydes is 1. The van der Waals surface area contributed by atoms with Gasteiger partial charge in [0.05, 0.1) is 17.8 Å². The Labute approximate surface area is 95.8 Å². The van der Waals surface area contributed by atoms with Crippen LogP contribution in [-0.2, 0) is 6.54 Å². The van der Waals surface area contributed by atoms with E-state index in [0.29, 0.717) is 17.8 Å². The SMILES string of the molecule is O=Cc1cccn1Cc1sccc1C(=O)O. The molecule has 0 fully saturated rings. The molecule has 0 radical (unpaired) electrons.